The molecule has 8 heteroatoms. The van der Waals surface area contributed by atoms with Crippen LogP contribution < -0.4 is 5.32 Å². The molecule has 0 aliphatic heterocycles. The summed E-state index contributed by atoms with van der Waals surface area (Å²) in [7, 11) is 0. The fourth-order valence-electron chi connectivity index (χ4n) is 0.925. The molecule has 0 bridgehead atoms. The predicted molar refractivity (Wildman–Crippen MR) is 50.7 cm³/mol. The molecule has 0 saturated carbocycles. The number of hydrogen-bond donors (Lipinski definition) is 2. The summed E-state index contributed by atoms with van der Waals surface area (Å²) < 4.78 is 35.7. The van der Waals surface area contributed by atoms with Crippen LogP contribution in [0.2, 0.25) is 0 Å². The third kappa shape index (κ3) is 2.51. The van der Waals surface area contributed by atoms with Crippen LogP contribution in [0.15, 0.2) is 5.38 Å². The highest BCUT2D eigenvalue weighted by atomic mass is 32.1. The zero-order valence-electron chi connectivity index (χ0n) is 7.88. The first kappa shape index (κ1) is 12.5. The smallest absolute Gasteiger partial charge is 0.471 e. The van der Waals surface area contributed by atoms with Crippen molar-refractivity contribution in [1.82, 2.24) is 0 Å². The van der Waals surface area contributed by atoms with E-state index in [-0.39, 0.29) is 16.1 Å². The van der Waals surface area contributed by atoms with Gasteiger partial charge in [0.1, 0.15) is 0 Å². The molecule has 0 atom stereocenters. The molecule has 2 N–H and O–H groups in total. The second kappa shape index (κ2) is 4.12. The number of anilines is 1. The van der Waals surface area contributed by atoms with Crippen molar-refractivity contribution in [3.8, 4) is 0 Å². The Labute approximate surface area is 91.7 Å². The molecule has 16 heavy (non-hydrogen) atoms. The summed E-state index contributed by atoms with van der Waals surface area (Å²) in [5.74, 6) is -3.37. The van der Waals surface area contributed by atoms with Gasteiger partial charge >= 0.3 is 18.1 Å². The van der Waals surface area contributed by atoms with Crippen molar-refractivity contribution in [2.24, 2.45) is 0 Å². The SMILES string of the molecule is Cc1c(C(=O)O)csc1NC(=O)C(F)(F)F. The third-order valence-corrected chi connectivity index (χ3v) is 2.75. The van der Waals surface area contributed by atoms with Gasteiger partial charge in [0.2, 0.25) is 0 Å². The summed E-state index contributed by atoms with van der Waals surface area (Å²) in [4.78, 5) is 21.2. The van der Waals surface area contributed by atoms with Crippen molar-refractivity contribution < 1.29 is 27.9 Å². The molecule has 88 valence electrons. The Morgan fingerprint density at radius 2 is 2.00 bits per heavy atom. The van der Waals surface area contributed by atoms with Gasteiger partial charge in [-0.2, -0.15) is 13.2 Å². The van der Waals surface area contributed by atoms with Gasteiger partial charge < -0.3 is 10.4 Å². The number of thiophene rings is 1. The van der Waals surface area contributed by atoms with Crippen LogP contribution in [0.3, 0.4) is 0 Å². The van der Waals surface area contributed by atoms with Gasteiger partial charge in [-0.1, -0.05) is 0 Å². The topological polar surface area (TPSA) is 66.4 Å². The number of hydrogen-bond acceptors (Lipinski definition) is 3. The minimum absolute atomic E-state index is 0.107. The van der Waals surface area contributed by atoms with Gasteiger partial charge in [-0.3, -0.25) is 4.79 Å². The summed E-state index contributed by atoms with van der Waals surface area (Å²) in [6, 6.07) is 0. The van der Waals surface area contributed by atoms with Crippen molar-refractivity contribution in [3.63, 3.8) is 0 Å². The summed E-state index contributed by atoms with van der Waals surface area (Å²) in [6.07, 6.45) is -4.99. The lowest BCUT2D eigenvalue weighted by Gasteiger charge is -2.06. The maximum atomic E-state index is 11.9. The van der Waals surface area contributed by atoms with E-state index in [1.807, 2.05) is 0 Å². The molecule has 1 amide bonds. The Kier molecular flexibility index (Phi) is 3.22. The fourth-order valence-corrected chi connectivity index (χ4v) is 1.88. The van der Waals surface area contributed by atoms with Crippen LogP contribution in [0.25, 0.3) is 0 Å². The van der Waals surface area contributed by atoms with E-state index in [4.69, 9.17) is 5.11 Å². The van der Waals surface area contributed by atoms with Crippen LogP contribution in [0.1, 0.15) is 15.9 Å². The van der Waals surface area contributed by atoms with Gasteiger partial charge in [0, 0.05) is 5.38 Å². The Bertz CT molecular complexity index is 438. The highest BCUT2D eigenvalue weighted by molar-refractivity contribution is 7.14. The van der Waals surface area contributed by atoms with Gasteiger partial charge in [-0.05, 0) is 12.5 Å². The summed E-state index contributed by atoms with van der Waals surface area (Å²) in [5, 5.41) is 11.3. The zero-order chi connectivity index (χ0) is 12.5. The molecular formula is C8H6F3NO3S. The van der Waals surface area contributed by atoms with E-state index in [9.17, 15) is 22.8 Å². The molecule has 1 rings (SSSR count). The van der Waals surface area contributed by atoms with Crippen molar-refractivity contribution in [2.75, 3.05) is 5.32 Å². The monoisotopic (exact) mass is 253 g/mol. The van der Waals surface area contributed by atoms with Gasteiger partial charge in [0.05, 0.1) is 10.6 Å². The number of halogens is 3. The lowest BCUT2D eigenvalue weighted by Crippen LogP contribution is -2.29. The van der Waals surface area contributed by atoms with Crippen molar-refractivity contribution >= 4 is 28.2 Å². The van der Waals surface area contributed by atoms with Gasteiger partial charge in [0.25, 0.3) is 0 Å². The van der Waals surface area contributed by atoms with Gasteiger partial charge in [-0.25, -0.2) is 4.79 Å². The maximum absolute atomic E-state index is 11.9. The normalized spacial score (nSPS) is 11.2. The molecule has 0 aromatic carbocycles. The van der Waals surface area contributed by atoms with Crippen molar-refractivity contribution in [3.05, 3.63) is 16.5 Å². The highest BCUT2D eigenvalue weighted by Gasteiger charge is 2.39. The minimum Gasteiger partial charge on any atom is -0.478 e. The van der Waals surface area contributed by atoms with Crippen molar-refractivity contribution in [1.29, 1.82) is 0 Å². The number of alkyl halides is 3. The lowest BCUT2D eigenvalue weighted by molar-refractivity contribution is -0.167. The number of amides is 1. The van der Waals surface area contributed by atoms with E-state index >= 15 is 0 Å². The minimum atomic E-state index is -4.99. The Hall–Kier alpha value is -1.57. The molecular weight excluding hydrogens is 247 g/mol. The zero-order valence-corrected chi connectivity index (χ0v) is 8.70. The molecule has 0 radical (unpaired) electrons. The maximum Gasteiger partial charge on any atom is 0.471 e. The summed E-state index contributed by atoms with van der Waals surface area (Å²) in [5.41, 5.74) is -0.0161. The van der Waals surface area contributed by atoms with Crippen LogP contribution in [-0.2, 0) is 4.79 Å². The predicted octanol–water partition coefficient (Wildman–Crippen LogP) is 2.26. The van der Waals surface area contributed by atoms with E-state index in [0.717, 1.165) is 11.3 Å². The lowest BCUT2D eigenvalue weighted by atomic mass is 10.2. The van der Waals surface area contributed by atoms with E-state index in [1.54, 1.807) is 5.32 Å². The Balaban J connectivity index is 2.92. The van der Waals surface area contributed by atoms with E-state index in [1.165, 1.54) is 12.3 Å². The van der Waals surface area contributed by atoms with Gasteiger partial charge in [0.15, 0.2) is 0 Å². The molecule has 0 aliphatic carbocycles. The number of nitrogens with one attached hydrogen (secondary N) is 1. The summed E-state index contributed by atoms with van der Waals surface area (Å²) >= 11 is 0.736. The number of carbonyl (C=O) groups is 2. The van der Waals surface area contributed by atoms with Crippen LogP contribution in [0, 0.1) is 6.92 Å². The van der Waals surface area contributed by atoms with Crippen LogP contribution in [0.4, 0.5) is 18.2 Å². The molecule has 0 fully saturated rings. The number of carboxylic acids is 1. The first-order valence-electron chi connectivity index (χ1n) is 3.93. The first-order valence-corrected chi connectivity index (χ1v) is 4.81. The van der Waals surface area contributed by atoms with Crippen LogP contribution >= 0.6 is 11.3 Å². The van der Waals surface area contributed by atoms with Crippen LogP contribution in [-0.4, -0.2) is 23.2 Å². The third-order valence-electron chi connectivity index (χ3n) is 1.75. The standard InChI is InChI=1S/C8H6F3NO3S/c1-3-4(6(13)14)2-16-5(3)12-7(15)8(9,10)11/h2H,1H3,(H,12,15)(H,13,14). The quantitative estimate of drug-likeness (QED) is 0.849. The molecule has 0 saturated heterocycles. The Morgan fingerprint density at radius 1 is 1.44 bits per heavy atom. The number of carbonyl (C=O) groups excluding carboxylic acids is 1. The van der Waals surface area contributed by atoms with Crippen molar-refractivity contribution in [2.45, 2.75) is 13.1 Å². The molecule has 1 aromatic heterocycles. The van der Waals surface area contributed by atoms with E-state index in [2.05, 4.69) is 0 Å². The second-order valence-electron chi connectivity index (χ2n) is 2.86. The first-order chi connectivity index (χ1) is 7.23. The summed E-state index contributed by atoms with van der Waals surface area (Å²) in [6.45, 7) is 1.33. The average Bonchev–Trinajstić information content (AvgIpc) is 2.46. The average molecular weight is 253 g/mol. The molecule has 1 heterocycles. The second-order valence-corrected chi connectivity index (χ2v) is 3.74. The molecule has 1 aromatic rings. The molecule has 0 spiro atoms. The van der Waals surface area contributed by atoms with E-state index < -0.39 is 18.1 Å². The fraction of sp³-hybridized carbons (Fsp3) is 0.250. The molecule has 0 aliphatic rings. The molecule has 0 unspecified atom stereocenters. The number of carboxylic acid groups (broad SMARTS) is 1. The largest absolute Gasteiger partial charge is 0.478 e. The Morgan fingerprint density at radius 3 is 2.38 bits per heavy atom. The number of rotatable bonds is 2. The molecule has 4 nitrogen and oxygen atoms in total. The van der Waals surface area contributed by atoms with E-state index in [0.29, 0.717) is 0 Å². The highest BCUT2D eigenvalue weighted by Crippen LogP contribution is 2.29. The van der Waals surface area contributed by atoms with Gasteiger partial charge in [-0.15, -0.1) is 11.3 Å². The number of aromatic carboxylic acids is 1. The van der Waals surface area contributed by atoms with Crippen LogP contribution in [0.5, 0.6) is 0 Å².